The molecule has 1 saturated heterocycles. The predicted octanol–water partition coefficient (Wildman–Crippen LogP) is 2.93. The van der Waals surface area contributed by atoms with Gasteiger partial charge in [0.1, 0.15) is 12.4 Å². The predicted molar refractivity (Wildman–Crippen MR) is 117 cm³/mol. The monoisotopic (exact) mass is 448 g/mol. The lowest BCUT2D eigenvalue weighted by molar-refractivity contribution is -0.127. The van der Waals surface area contributed by atoms with E-state index in [1.165, 1.54) is 6.08 Å². The maximum absolute atomic E-state index is 12.6. The molecule has 1 aliphatic rings. The van der Waals surface area contributed by atoms with E-state index in [9.17, 15) is 13.2 Å². The highest BCUT2D eigenvalue weighted by Gasteiger charge is 2.33. The molecule has 0 bridgehead atoms. The number of amides is 1. The quantitative estimate of drug-likeness (QED) is 0.573. The molecule has 1 aromatic heterocycles. The second kappa shape index (κ2) is 9.55. The van der Waals surface area contributed by atoms with Crippen LogP contribution in [0.1, 0.15) is 35.9 Å². The molecule has 1 amide bonds. The van der Waals surface area contributed by atoms with Gasteiger partial charge in [-0.3, -0.25) is 4.79 Å². The van der Waals surface area contributed by atoms with Crippen molar-refractivity contribution in [2.75, 3.05) is 25.2 Å². The normalized spacial score (nSPS) is 17.7. The highest BCUT2D eigenvalue weighted by atomic mass is 32.2. The molecule has 9 heteroatoms. The first-order valence-electron chi connectivity index (χ1n) is 10.2. The molecular weight excluding hydrogens is 420 g/mol. The Morgan fingerprint density at radius 3 is 2.68 bits per heavy atom. The zero-order chi connectivity index (χ0) is 22.6. The minimum Gasteiger partial charge on any atom is -0.493 e. The molecule has 0 radical (unpaired) electrons. The van der Waals surface area contributed by atoms with Gasteiger partial charge < -0.3 is 18.9 Å². The molecule has 31 heavy (non-hydrogen) atoms. The van der Waals surface area contributed by atoms with Crippen LogP contribution in [0, 0.1) is 13.8 Å². The van der Waals surface area contributed by atoms with Crippen molar-refractivity contribution in [3.63, 3.8) is 0 Å². The molecule has 168 valence electrons. The number of ether oxygens (including phenoxy) is 2. The summed E-state index contributed by atoms with van der Waals surface area (Å²) in [7, 11) is -1.50. The summed E-state index contributed by atoms with van der Waals surface area (Å²) in [5.74, 6) is 1.78. The van der Waals surface area contributed by atoms with Crippen molar-refractivity contribution in [2.45, 2.75) is 39.8 Å². The van der Waals surface area contributed by atoms with Gasteiger partial charge in [-0.15, -0.1) is 0 Å². The molecule has 2 aromatic rings. The van der Waals surface area contributed by atoms with Crippen LogP contribution in [0.3, 0.4) is 0 Å². The summed E-state index contributed by atoms with van der Waals surface area (Å²) in [6.45, 7) is 6.31. The lowest BCUT2D eigenvalue weighted by Crippen LogP contribution is -2.40. The summed E-state index contributed by atoms with van der Waals surface area (Å²) in [5, 5.41) is 3.92. The fourth-order valence-electron chi connectivity index (χ4n) is 3.64. The maximum Gasteiger partial charge on any atom is 0.246 e. The first-order valence-corrected chi connectivity index (χ1v) is 12.0. The molecule has 0 N–H and O–H groups in total. The molecule has 8 nitrogen and oxygen atoms in total. The number of hydrogen-bond donors (Lipinski definition) is 0. The lowest BCUT2D eigenvalue weighted by Gasteiger charge is -2.25. The minimum absolute atomic E-state index is 0.0331. The van der Waals surface area contributed by atoms with E-state index in [1.54, 1.807) is 30.2 Å². The van der Waals surface area contributed by atoms with E-state index in [2.05, 4.69) is 5.16 Å². The van der Waals surface area contributed by atoms with Gasteiger partial charge >= 0.3 is 0 Å². The summed E-state index contributed by atoms with van der Waals surface area (Å²) >= 11 is 0. The first-order chi connectivity index (χ1) is 14.7. The standard InChI is InChI=1S/C22H28N2O6S/c1-5-24(18-10-11-31(26,27)14-18)22(25)9-7-17-6-8-20(21(12-17)28-4)29-13-19-15(2)23-30-16(19)3/h6-9,12,18H,5,10-11,13-14H2,1-4H3/b9-7+. The molecule has 1 fully saturated rings. The number of methoxy groups -OCH3 is 1. The van der Waals surface area contributed by atoms with Crippen LogP contribution in [0.25, 0.3) is 6.08 Å². The summed E-state index contributed by atoms with van der Waals surface area (Å²) in [6.07, 6.45) is 3.64. The van der Waals surface area contributed by atoms with Crippen molar-refractivity contribution >= 4 is 21.8 Å². The molecule has 1 aliphatic heterocycles. The number of aryl methyl sites for hydroxylation is 2. The third kappa shape index (κ3) is 5.46. The summed E-state index contributed by atoms with van der Waals surface area (Å²) in [6, 6.07) is 5.12. The molecule has 0 saturated carbocycles. The van der Waals surface area contributed by atoms with E-state index in [0.29, 0.717) is 36.8 Å². The Morgan fingerprint density at radius 1 is 1.32 bits per heavy atom. The third-order valence-corrected chi connectivity index (χ3v) is 7.18. The van der Waals surface area contributed by atoms with Crippen LogP contribution in [0.4, 0.5) is 0 Å². The molecule has 0 aliphatic carbocycles. The highest BCUT2D eigenvalue weighted by molar-refractivity contribution is 7.91. The number of aromatic nitrogens is 1. The van der Waals surface area contributed by atoms with Gasteiger partial charge in [0.15, 0.2) is 21.3 Å². The van der Waals surface area contributed by atoms with Crippen molar-refractivity contribution in [1.29, 1.82) is 0 Å². The first kappa shape index (κ1) is 22.9. The SMILES string of the molecule is CCN(C(=O)/C=C/c1ccc(OCc2c(C)noc2C)c(OC)c1)C1CCS(=O)(=O)C1. The van der Waals surface area contributed by atoms with Crippen molar-refractivity contribution in [3.05, 3.63) is 46.9 Å². The van der Waals surface area contributed by atoms with Crippen LogP contribution in [-0.2, 0) is 21.2 Å². The average Bonchev–Trinajstić information content (AvgIpc) is 3.26. The maximum atomic E-state index is 12.6. The Balaban J connectivity index is 1.68. The summed E-state index contributed by atoms with van der Waals surface area (Å²) < 4.78 is 39.9. The van der Waals surface area contributed by atoms with Crippen molar-refractivity contribution in [1.82, 2.24) is 10.1 Å². The molecular formula is C22H28N2O6S. The van der Waals surface area contributed by atoms with E-state index in [0.717, 1.165) is 16.8 Å². The third-order valence-electron chi connectivity index (χ3n) is 5.43. The Morgan fingerprint density at radius 2 is 2.10 bits per heavy atom. The molecule has 1 atom stereocenters. The summed E-state index contributed by atoms with van der Waals surface area (Å²) in [5.41, 5.74) is 2.44. The number of carbonyl (C=O) groups excluding carboxylic acids is 1. The fraction of sp³-hybridized carbons (Fsp3) is 0.455. The van der Waals surface area contributed by atoms with Crippen molar-refractivity contribution in [3.8, 4) is 11.5 Å². The average molecular weight is 449 g/mol. The fourth-order valence-corrected chi connectivity index (χ4v) is 5.37. The number of carbonyl (C=O) groups is 1. The van der Waals surface area contributed by atoms with E-state index >= 15 is 0 Å². The van der Waals surface area contributed by atoms with E-state index in [4.69, 9.17) is 14.0 Å². The Hall–Kier alpha value is -2.81. The number of benzene rings is 1. The van der Waals surface area contributed by atoms with Crippen molar-refractivity contribution < 1.29 is 27.2 Å². The molecule has 1 aromatic carbocycles. The molecule has 3 rings (SSSR count). The van der Waals surface area contributed by atoms with Gasteiger partial charge in [0.05, 0.1) is 29.9 Å². The van der Waals surface area contributed by atoms with Gasteiger partial charge in [0.2, 0.25) is 5.91 Å². The van der Waals surface area contributed by atoms with Crippen LogP contribution in [0.5, 0.6) is 11.5 Å². The van der Waals surface area contributed by atoms with Gasteiger partial charge in [0, 0.05) is 18.7 Å². The number of rotatable bonds is 8. The van der Waals surface area contributed by atoms with Gasteiger partial charge in [-0.25, -0.2) is 8.42 Å². The van der Waals surface area contributed by atoms with Crippen LogP contribution in [0.2, 0.25) is 0 Å². The largest absolute Gasteiger partial charge is 0.493 e. The Labute approximate surface area is 182 Å². The second-order valence-corrected chi connectivity index (χ2v) is 9.74. The van der Waals surface area contributed by atoms with Crippen LogP contribution in [0.15, 0.2) is 28.8 Å². The van der Waals surface area contributed by atoms with Crippen molar-refractivity contribution in [2.24, 2.45) is 0 Å². The zero-order valence-electron chi connectivity index (χ0n) is 18.3. The number of hydrogen-bond acceptors (Lipinski definition) is 7. The van der Waals surface area contributed by atoms with E-state index in [-0.39, 0.29) is 23.5 Å². The number of likely N-dealkylation sites (N-methyl/N-ethyl adjacent to an activating group) is 1. The van der Waals surface area contributed by atoms with Gasteiger partial charge in [-0.1, -0.05) is 11.2 Å². The van der Waals surface area contributed by atoms with Gasteiger partial charge in [-0.2, -0.15) is 0 Å². The molecule has 2 heterocycles. The van der Waals surface area contributed by atoms with E-state index < -0.39 is 9.84 Å². The van der Waals surface area contributed by atoms with Gasteiger partial charge in [0.25, 0.3) is 0 Å². The van der Waals surface area contributed by atoms with Crippen LogP contribution in [-0.4, -0.2) is 55.6 Å². The topological polar surface area (TPSA) is 98.9 Å². The lowest BCUT2D eigenvalue weighted by atomic mass is 10.1. The smallest absolute Gasteiger partial charge is 0.246 e. The number of sulfone groups is 1. The minimum atomic E-state index is -3.05. The summed E-state index contributed by atoms with van der Waals surface area (Å²) in [4.78, 5) is 14.2. The van der Waals surface area contributed by atoms with Gasteiger partial charge in [-0.05, 0) is 51.0 Å². The zero-order valence-corrected chi connectivity index (χ0v) is 19.1. The van der Waals surface area contributed by atoms with Crippen LogP contribution < -0.4 is 9.47 Å². The highest BCUT2D eigenvalue weighted by Crippen LogP contribution is 2.30. The van der Waals surface area contributed by atoms with E-state index in [1.807, 2.05) is 26.8 Å². The van der Waals surface area contributed by atoms with Crippen LogP contribution >= 0.6 is 0 Å². The Kier molecular flexibility index (Phi) is 7.04. The Bertz CT molecular complexity index is 1050. The number of nitrogens with zero attached hydrogens (tertiary/aromatic N) is 2. The molecule has 0 spiro atoms. The second-order valence-electron chi connectivity index (χ2n) is 7.52. The molecule has 1 unspecified atom stereocenters.